The monoisotopic (exact) mass is 354 g/mol. The van der Waals surface area contributed by atoms with Crippen LogP contribution in [0.15, 0.2) is 42.5 Å². The lowest BCUT2D eigenvalue weighted by molar-refractivity contribution is -0.893. The molecule has 0 spiro atoms. The lowest BCUT2D eigenvalue weighted by Gasteiger charge is -2.28. The molecule has 1 unspecified atom stereocenters. The summed E-state index contributed by atoms with van der Waals surface area (Å²) in [5.41, 5.74) is 4.66. The predicted octanol–water partition coefficient (Wildman–Crippen LogP) is 4.24. The molecule has 2 nitrogen and oxygen atoms in total. The zero-order chi connectivity index (χ0) is 19.5. The number of aromatic hydroxyl groups is 1. The molecule has 2 heteroatoms. The zero-order valence-electron chi connectivity index (χ0n) is 17.6. The molecule has 0 saturated carbocycles. The third-order valence-corrected chi connectivity index (χ3v) is 4.97. The van der Waals surface area contributed by atoms with E-state index in [1.807, 2.05) is 0 Å². The molecule has 0 fully saturated rings. The number of quaternary nitrogens is 1. The topological polar surface area (TPSA) is 24.7 Å². The summed E-state index contributed by atoms with van der Waals surface area (Å²) in [6, 6.07) is 15.1. The second-order valence-electron chi connectivity index (χ2n) is 9.66. The van der Waals surface area contributed by atoms with E-state index in [0.29, 0.717) is 5.75 Å². The predicted molar refractivity (Wildman–Crippen MR) is 111 cm³/mol. The number of phenolic OH excluding ortho intramolecular Hbond substituents is 1. The zero-order valence-corrected chi connectivity index (χ0v) is 17.6. The Bertz CT molecular complexity index is 685. The fraction of sp³-hybridized carbons (Fsp3) is 0.500. The quantitative estimate of drug-likeness (QED) is 0.824. The number of nitrogens with one attached hydrogen (secondary N) is 1. The highest BCUT2D eigenvalue weighted by Crippen LogP contribution is 2.39. The Morgan fingerprint density at radius 2 is 1.31 bits per heavy atom. The summed E-state index contributed by atoms with van der Waals surface area (Å²) < 4.78 is 0. The maximum atomic E-state index is 10.9. The van der Waals surface area contributed by atoms with Crippen molar-refractivity contribution in [1.82, 2.24) is 0 Å². The van der Waals surface area contributed by atoms with E-state index in [4.69, 9.17) is 0 Å². The van der Waals surface area contributed by atoms with Gasteiger partial charge in [-0.2, -0.15) is 0 Å². The highest BCUT2D eigenvalue weighted by atomic mass is 16.3. The van der Waals surface area contributed by atoms with Gasteiger partial charge in [-0.3, -0.25) is 0 Å². The van der Waals surface area contributed by atoms with Crippen LogP contribution < -0.4 is 4.90 Å². The van der Waals surface area contributed by atoms with Crippen LogP contribution >= 0.6 is 0 Å². The van der Waals surface area contributed by atoms with Crippen molar-refractivity contribution in [3.8, 4) is 5.75 Å². The van der Waals surface area contributed by atoms with Crippen molar-refractivity contribution in [2.45, 2.75) is 65.3 Å². The van der Waals surface area contributed by atoms with E-state index in [-0.39, 0.29) is 10.8 Å². The van der Waals surface area contributed by atoms with Crippen LogP contribution in [-0.4, -0.2) is 18.7 Å². The van der Waals surface area contributed by atoms with Gasteiger partial charge in [-0.15, -0.1) is 0 Å². The number of hydrogen-bond acceptors (Lipinski definition) is 1. The lowest BCUT2D eigenvalue weighted by Crippen LogP contribution is -3.07. The molecule has 0 heterocycles. The number of likely N-dealkylation sites (N-methyl/N-ethyl adjacent to an activating group) is 1. The Morgan fingerprint density at radius 3 is 1.77 bits per heavy atom. The average Bonchev–Trinajstić information content (AvgIpc) is 2.53. The second-order valence-corrected chi connectivity index (χ2v) is 9.66. The molecular formula is C24H36NO+. The summed E-state index contributed by atoms with van der Waals surface area (Å²) in [5, 5.41) is 10.9. The van der Waals surface area contributed by atoms with E-state index in [1.165, 1.54) is 16.0 Å². The van der Waals surface area contributed by atoms with Gasteiger partial charge in [0, 0.05) is 23.1 Å². The van der Waals surface area contributed by atoms with Gasteiger partial charge in [-0.25, -0.2) is 0 Å². The maximum Gasteiger partial charge on any atom is 0.123 e. The van der Waals surface area contributed by atoms with Crippen LogP contribution in [0, 0.1) is 0 Å². The molecular weight excluding hydrogens is 318 g/mol. The standard InChI is InChI=1S/C24H35NO/c1-23(2,3)20-15-19(16-21(22(20)26)24(4,5)6)17-25(7)14-13-18-11-9-8-10-12-18/h8-12,15-16,26H,13-14,17H2,1-7H3/p+1. The third kappa shape index (κ3) is 5.35. The smallest absolute Gasteiger partial charge is 0.123 e. The van der Waals surface area contributed by atoms with Crippen molar-refractivity contribution in [2.75, 3.05) is 13.6 Å². The lowest BCUT2D eigenvalue weighted by atomic mass is 9.78. The van der Waals surface area contributed by atoms with E-state index in [0.717, 1.165) is 30.6 Å². The SMILES string of the molecule is C[NH+](CCc1ccccc1)Cc1cc(C(C)(C)C)c(O)c(C(C)(C)C)c1. The van der Waals surface area contributed by atoms with Gasteiger partial charge >= 0.3 is 0 Å². The van der Waals surface area contributed by atoms with Crippen molar-refractivity contribution < 1.29 is 10.0 Å². The first kappa shape index (κ1) is 20.5. The summed E-state index contributed by atoms with van der Waals surface area (Å²) in [6.07, 6.45) is 1.09. The molecule has 0 aliphatic rings. The molecule has 0 aliphatic heterocycles. The molecule has 0 aromatic heterocycles. The van der Waals surface area contributed by atoms with Crippen molar-refractivity contribution in [3.63, 3.8) is 0 Å². The first-order valence-corrected chi connectivity index (χ1v) is 9.70. The molecule has 0 saturated heterocycles. The van der Waals surface area contributed by atoms with Gasteiger partial charge in [-0.1, -0.05) is 71.9 Å². The van der Waals surface area contributed by atoms with Gasteiger partial charge < -0.3 is 10.0 Å². The molecule has 26 heavy (non-hydrogen) atoms. The van der Waals surface area contributed by atoms with Crippen LogP contribution in [0.2, 0.25) is 0 Å². The largest absolute Gasteiger partial charge is 0.507 e. The minimum Gasteiger partial charge on any atom is -0.507 e. The highest BCUT2D eigenvalue weighted by Gasteiger charge is 2.27. The fourth-order valence-electron chi connectivity index (χ4n) is 3.38. The molecule has 0 radical (unpaired) electrons. The molecule has 142 valence electrons. The van der Waals surface area contributed by atoms with Gasteiger partial charge in [0.25, 0.3) is 0 Å². The highest BCUT2D eigenvalue weighted by molar-refractivity contribution is 5.49. The van der Waals surface area contributed by atoms with Gasteiger partial charge in [0.15, 0.2) is 0 Å². The first-order valence-electron chi connectivity index (χ1n) is 9.70. The minimum atomic E-state index is -0.0714. The van der Waals surface area contributed by atoms with Gasteiger partial charge in [-0.05, 0) is 28.5 Å². The maximum absolute atomic E-state index is 10.9. The molecule has 2 N–H and O–H groups in total. The molecule has 0 aliphatic carbocycles. The summed E-state index contributed by atoms with van der Waals surface area (Å²) in [5.74, 6) is 0.468. The van der Waals surface area contributed by atoms with Gasteiger partial charge in [0.05, 0.1) is 13.6 Å². The van der Waals surface area contributed by atoms with Crippen LogP contribution in [0.25, 0.3) is 0 Å². The van der Waals surface area contributed by atoms with Crippen LogP contribution in [0.3, 0.4) is 0 Å². The normalized spacial score (nSPS) is 13.7. The van der Waals surface area contributed by atoms with Crippen LogP contribution in [0.1, 0.15) is 63.8 Å². The van der Waals surface area contributed by atoms with E-state index in [1.54, 1.807) is 0 Å². The molecule has 2 aromatic rings. The molecule has 2 aromatic carbocycles. The minimum absolute atomic E-state index is 0.0714. The summed E-state index contributed by atoms with van der Waals surface area (Å²) >= 11 is 0. The van der Waals surface area contributed by atoms with Crippen molar-refractivity contribution in [2.24, 2.45) is 0 Å². The van der Waals surface area contributed by atoms with Crippen molar-refractivity contribution >= 4 is 0 Å². The summed E-state index contributed by atoms with van der Waals surface area (Å²) in [6.45, 7) is 15.1. The summed E-state index contributed by atoms with van der Waals surface area (Å²) in [4.78, 5) is 1.49. The molecule has 0 amide bonds. The van der Waals surface area contributed by atoms with Crippen molar-refractivity contribution in [3.05, 3.63) is 64.7 Å². The Kier molecular flexibility index (Phi) is 6.18. The van der Waals surface area contributed by atoms with Crippen molar-refractivity contribution in [1.29, 1.82) is 0 Å². The molecule has 1 atom stereocenters. The number of hydrogen-bond donors (Lipinski definition) is 2. The van der Waals surface area contributed by atoms with E-state index in [9.17, 15) is 5.11 Å². The van der Waals surface area contributed by atoms with Gasteiger partial charge in [0.1, 0.15) is 12.3 Å². The Hall–Kier alpha value is -1.80. The van der Waals surface area contributed by atoms with E-state index >= 15 is 0 Å². The first-order chi connectivity index (χ1) is 12.0. The number of benzene rings is 2. The van der Waals surface area contributed by atoms with Crippen LogP contribution in [0.4, 0.5) is 0 Å². The Morgan fingerprint density at radius 1 is 0.808 bits per heavy atom. The second kappa shape index (κ2) is 7.84. The average molecular weight is 355 g/mol. The van der Waals surface area contributed by atoms with E-state index in [2.05, 4.69) is 91.1 Å². The third-order valence-electron chi connectivity index (χ3n) is 4.97. The Balaban J connectivity index is 2.22. The number of phenols is 1. The Labute approximate surface area is 159 Å². The molecule has 0 bridgehead atoms. The van der Waals surface area contributed by atoms with Crippen LogP contribution in [-0.2, 0) is 23.8 Å². The van der Waals surface area contributed by atoms with Gasteiger partial charge in [0.2, 0.25) is 0 Å². The molecule has 2 rings (SSSR count). The summed E-state index contributed by atoms with van der Waals surface area (Å²) in [7, 11) is 2.25. The van der Waals surface area contributed by atoms with E-state index < -0.39 is 0 Å². The number of rotatable bonds is 5. The fourth-order valence-corrected chi connectivity index (χ4v) is 3.38. The van der Waals surface area contributed by atoms with Crippen LogP contribution in [0.5, 0.6) is 5.75 Å².